The van der Waals surface area contributed by atoms with Crippen molar-refractivity contribution in [1.29, 1.82) is 0 Å². The minimum atomic E-state index is -0.510. The molecule has 1 amide bonds. The maximum Gasteiger partial charge on any atom is 0.270 e. The molecule has 8 nitrogen and oxygen atoms in total. The highest BCUT2D eigenvalue weighted by Crippen LogP contribution is 2.20. The van der Waals surface area contributed by atoms with E-state index in [1.807, 2.05) is 34.7 Å². The Hall–Kier alpha value is -2.27. The molecule has 136 valence electrons. The van der Waals surface area contributed by atoms with E-state index in [4.69, 9.17) is 4.74 Å². The Morgan fingerprint density at radius 2 is 2.08 bits per heavy atom. The number of rotatable bonds is 5. The smallest absolute Gasteiger partial charge is 0.270 e. The summed E-state index contributed by atoms with van der Waals surface area (Å²) in [7, 11) is 0. The summed E-state index contributed by atoms with van der Waals surface area (Å²) in [6.07, 6.45) is 1.71. The summed E-state index contributed by atoms with van der Waals surface area (Å²) in [5.41, 5.74) is 1.10. The van der Waals surface area contributed by atoms with Crippen LogP contribution >= 0.6 is 22.6 Å². The predicted octanol–water partition coefficient (Wildman–Crippen LogP) is 2.36. The zero-order chi connectivity index (χ0) is 18.5. The van der Waals surface area contributed by atoms with Crippen molar-refractivity contribution in [2.45, 2.75) is 6.54 Å². The summed E-state index contributed by atoms with van der Waals surface area (Å²) in [6, 6.07) is 8.02. The molecular formula is C17H17IN4O4. The molecule has 1 aliphatic rings. The van der Waals surface area contributed by atoms with Gasteiger partial charge in [-0.05, 0) is 46.4 Å². The molecule has 2 aromatic rings. The molecule has 1 N–H and O–H groups in total. The Morgan fingerprint density at radius 3 is 2.81 bits per heavy atom. The number of aromatic nitrogens is 1. The van der Waals surface area contributed by atoms with Crippen LogP contribution < -0.4 is 10.2 Å². The SMILES string of the molecule is O=C(NCc1ccnc(N2CCOCC2)c1)c1cc([N+](=O)[O-])ccc1I. The number of anilines is 1. The van der Waals surface area contributed by atoms with Crippen LogP contribution in [-0.2, 0) is 11.3 Å². The van der Waals surface area contributed by atoms with Crippen LogP contribution in [0, 0.1) is 13.7 Å². The van der Waals surface area contributed by atoms with Crippen LogP contribution in [-0.4, -0.2) is 42.1 Å². The number of pyridine rings is 1. The fraction of sp³-hybridized carbons (Fsp3) is 0.294. The van der Waals surface area contributed by atoms with Gasteiger partial charge in [-0.2, -0.15) is 0 Å². The zero-order valence-electron chi connectivity index (χ0n) is 13.9. The standard InChI is InChI=1S/C17H17IN4O4/c18-15-2-1-13(22(24)25)10-14(15)17(23)20-11-12-3-4-19-16(9-12)21-5-7-26-8-6-21/h1-4,9-10H,5-8,11H2,(H,20,23). The number of hydrogen-bond acceptors (Lipinski definition) is 6. The average Bonchev–Trinajstić information content (AvgIpc) is 2.67. The molecule has 1 aliphatic heterocycles. The molecule has 1 saturated heterocycles. The third-order valence-electron chi connectivity index (χ3n) is 4.00. The van der Waals surface area contributed by atoms with Gasteiger partial charge in [-0.15, -0.1) is 0 Å². The molecule has 0 atom stereocenters. The summed E-state index contributed by atoms with van der Waals surface area (Å²) in [5, 5.41) is 13.7. The highest BCUT2D eigenvalue weighted by Gasteiger charge is 2.16. The van der Waals surface area contributed by atoms with Crippen LogP contribution in [0.25, 0.3) is 0 Å². The number of morpholine rings is 1. The molecule has 1 aromatic heterocycles. The van der Waals surface area contributed by atoms with E-state index in [2.05, 4.69) is 15.2 Å². The van der Waals surface area contributed by atoms with Gasteiger partial charge in [-0.25, -0.2) is 4.98 Å². The monoisotopic (exact) mass is 468 g/mol. The van der Waals surface area contributed by atoms with Crippen molar-refractivity contribution in [3.05, 3.63) is 61.3 Å². The van der Waals surface area contributed by atoms with Gasteiger partial charge in [-0.1, -0.05) is 0 Å². The molecule has 0 radical (unpaired) electrons. The first-order chi connectivity index (χ1) is 12.5. The van der Waals surface area contributed by atoms with Crippen molar-refractivity contribution in [3.8, 4) is 0 Å². The molecular weight excluding hydrogens is 451 g/mol. The largest absolute Gasteiger partial charge is 0.378 e. The van der Waals surface area contributed by atoms with E-state index >= 15 is 0 Å². The molecule has 0 saturated carbocycles. The van der Waals surface area contributed by atoms with Crippen molar-refractivity contribution in [1.82, 2.24) is 10.3 Å². The maximum atomic E-state index is 12.4. The van der Waals surface area contributed by atoms with Gasteiger partial charge in [0, 0.05) is 41.5 Å². The number of hydrogen-bond donors (Lipinski definition) is 1. The summed E-state index contributed by atoms with van der Waals surface area (Å²) >= 11 is 1.99. The summed E-state index contributed by atoms with van der Waals surface area (Å²) in [4.78, 5) is 29.3. The second-order valence-electron chi connectivity index (χ2n) is 5.73. The Balaban J connectivity index is 1.68. The topological polar surface area (TPSA) is 97.6 Å². The minimum absolute atomic E-state index is 0.103. The quantitative estimate of drug-likeness (QED) is 0.411. The van der Waals surface area contributed by atoms with Crippen molar-refractivity contribution in [3.63, 3.8) is 0 Å². The Bertz CT molecular complexity index is 824. The number of nitrogens with zero attached hydrogens (tertiary/aromatic N) is 3. The third kappa shape index (κ3) is 4.47. The van der Waals surface area contributed by atoms with Crippen molar-refractivity contribution in [2.75, 3.05) is 31.2 Å². The fourth-order valence-corrected chi connectivity index (χ4v) is 3.19. The first-order valence-electron chi connectivity index (χ1n) is 8.04. The summed E-state index contributed by atoms with van der Waals surface area (Å²) in [5.74, 6) is 0.507. The number of nitro benzene ring substituents is 1. The number of ether oxygens (including phenoxy) is 1. The summed E-state index contributed by atoms with van der Waals surface area (Å²) in [6.45, 7) is 3.24. The lowest BCUT2D eigenvalue weighted by atomic mass is 10.2. The Labute approximate surface area is 163 Å². The number of nitrogens with one attached hydrogen (secondary N) is 1. The van der Waals surface area contributed by atoms with Crippen LogP contribution in [0.3, 0.4) is 0 Å². The van der Waals surface area contributed by atoms with Crippen molar-refractivity contribution in [2.24, 2.45) is 0 Å². The van der Waals surface area contributed by atoms with Gasteiger partial charge in [0.15, 0.2) is 0 Å². The second kappa shape index (κ2) is 8.41. The molecule has 9 heteroatoms. The average molecular weight is 468 g/mol. The molecule has 0 aliphatic carbocycles. The Morgan fingerprint density at radius 1 is 1.31 bits per heavy atom. The van der Waals surface area contributed by atoms with E-state index in [0.717, 1.165) is 24.5 Å². The molecule has 0 unspecified atom stereocenters. The van der Waals surface area contributed by atoms with E-state index in [9.17, 15) is 14.9 Å². The lowest BCUT2D eigenvalue weighted by Gasteiger charge is -2.28. The molecule has 1 aromatic carbocycles. The zero-order valence-corrected chi connectivity index (χ0v) is 16.0. The van der Waals surface area contributed by atoms with Crippen molar-refractivity contribution < 1.29 is 14.5 Å². The lowest BCUT2D eigenvalue weighted by Crippen LogP contribution is -2.36. The number of nitro groups is 1. The van der Waals surface area contributed by atoms with E-state index in [1.54, 1.807) is 12.3 Å². The molecule has 0 spiro atoms. The van der Waals surface area contributed by atoms with Gasteiger partial charge < -0.3 is 15.0 Å². The lowest BCUT2D eigenvalue weighted by molar-refractivity contribution is -0.384. The first kappa shape index (κ1) is 18.5. The van der Waals surface area contributed by atoms with Gasteiger partial charge in [0.05, 0.1) is 23.7 Å². The normalized spacial score (nSPS) is 14.1. The van der Waals surface area contributed by atoms with Crippen LogP contribution in [0.4, 0.5) is 11.5 Å². The molecule has 0 bridgehead atoms. The Kier molecular flexibility index (Phi) is 5.99. The van der Waals surface area contributed by atoms with Gasteiger partial charge in [0.25, 0.3) is 11.6 Å². The van der Waals surface area contributed by atoms with Gasteiger partial charge in [0.2, 0.25) is 0 Å². The molecule has 2 heterocycles. The molecule has 26 heavy (non-hydrogen) atoms. The number of carbonyl (C=O) groups excluding carboxylic acids is 1. The maximum absolute atomic E-state index is 12.4. The van der Waals surface area contributed by atoms with Gasteiger partial charge in [0.1, 0.15) is 5.82 Å². The molecule has 1 fully saturated rings. The predicted molar refractivity (Wildman–Crippen MR) is 104 cm³/mol. The van der Waals surface area contributed by atoms with Crippen LogP contribution in [0.15, 0.2) is 36.5 Å². The van der Waals surface area contributed by atoms with Crippen LogP contribution in [0.1, 0.15) is 15.9 Å². The number of amides is 1. The van der Waals surface area contributed by atoms with Crippen molar-refractivity contribution >= 4 is 40.0 Å². The van der Waals surface area contributed by atoms with E-state index in [0.29, 0.717) is 28.9 Å². The number of halogens is 1. The van der Waals surface area contributed by atoms with Crippen LogP contribution in [0.2, 0.25) is 0 Å². The fourth-order valence-electron chi connectivity index (χ4n) is 2.61. The number of carbonyl (C=O) groups is 1. The van der Waals surface area contributed by atoms with Gasteiger partial charge >= 0.3 is 0 Å². The van der Waals surface area contributed by atoms with E-state index in [-0.39, 0.29) is 11.6 Å². The summed E-state index contributed by atoms with van der Waals surface area (Å²) < 4.78 is 6.00. The number of benzene rings is 1. The highest BCUT2D eigenvalue weighted by molar-refractivity contribution is 14.1. The van der Waals surface area contributed by atoms with Gasteiger partial charge in [-0.3, -0.25) is 14.9 Å². The molecule has 3 rings (SSSR count). The van der Waals surface area contributed by atoms with E-state index in [1.165, 1.54) is 12.1 Å². The van der Waals surface area contributed by atoms with E-state index < -0.39 is 4.92 Å². The first-order valence-corrected chi connectivity index (χ1v) is 9.12. The minimum Gasteiger partial charge on any atom is -0.378 e. The highest BCUT2D eigenvalue weighted by atomic mass is 127. The number of non-ortho nitro benzene ring substituents is 1. The second-order valence-corrected chi connectivity index (χ2v) is 6.89. The third-order valence-corrected chi connectivity index (χ3v) is 4.94. The van der Waals surface area contributed by atoms with Crippen LogP contribution in [0.5, 0.6) is 0 Å².